The van der Waals surface area contributed by atoms with Gasteiger partial charge in [0.05, 0.1) is 25.1 Å². The van der Waals surface area contributed by atoms with Gasteiger partial charge in [0, 0.05) is 56.5 Å². The molecule has 0 aliphatic carbocycles. The summed E-state index contributed by atoms with van der Waals surface area (Å²) in [4.78, 5) is 23.9. The molecule has 5 rings (SSSR count). The van der Waals surface area contributed by atoms with Gasteiger partial charge in [0.1, 0.15) is 11.3 Å². The SMILES string of the molecule is COc1ccc(-c2ccc3c(=O)c(CN(CCCn4ccnc4)Cc4ccncc4)coc3c2)cc1. The summed E-state index contributed by atoms with van der Waals surface area (Å²) in [5.74, 6) is 0.803. The van der Waals surface area contributed by atoms with E-state index in [0.717, 1.165) is 48.5 Å². The normalized spacial score (nSPS) is 11.3. The predicted octanol–water partition coefficient (Wildman–Crippen LogP) is 5.15. The minimum atomic E-state index is 0.00636. The number of ether oxygens (including phenoxy) is 1. The summed E-state index contributed by atoms with van der Waals surface area (Å²) in [6.45, 7) is 2.92. The van der Waals surface area contributed by atoms with Crippen LogP contribution in [0.1, 0.15) is 17.5 Å². The van der Waals surface area contributed by atoms with Crippen molar-refractivity contribution in [3.63, 3.8) is 0 Å². The molecule has 7 nitrogen and oxygen atoms in total. The number of methoxy groups -OCH3 is 1. The first-order valence-electron chi connectivity index (χ1n) is 12.0. The van der Waals surface area contributed by atoms with Gasteiger partial charge in [0.15, 0.2) is 5.43 Å². The van der Waals surface area contributed by atoms with E-state index in [4.69, 9.17) is 9.15 Å². The number of nitrogens with zero attached hydrogens (tertiary/aromatic N) is 4. The van der Waals surface area contributed by atoms with Gasteiger partial charge in [-0.25, -0.2) is 4.98 Å². The van der Waals surface area contributed by atoms with Gasteiger partial charge in [0.2, 0.25) is 0 Å². The van der Waals surface area contributed by atoms with Crippen molar-refractivity contribution in [2.75, 3.05) is 13.7 Å². The number of rotatable bonds is 10. The Kier molecular flexibility index (Phi) is 7.19. The number of fused-ring (bicyclic) bond motifs is 1. The minimum Gasteiger partial charge on any atom is -0.497 e. The second-order valence-electron chi connectivity index (χ2n) is 8.75. The van der Waals surface area contributed by atoms with Crippen molar-refractivity contribution in [3.05, 3.63) is 113 Å². The molecule has 0 amide bonds. The molecule has 3 aromatic heterocycles. The third kappa shape index (κ3) is 5.53. The van der Waals surface area contributed by atoms with Crippen LogP contribution >= 0.6 is 0 Å². The van der Waals surface area contributed by atoms with Crippen LogP contribution in [0.15, 0.2) is 101 Å². The summed E-state index contributed by atoms with van der Waals surface area (Å²) >= 11 is 0. The zero-order valence-electron chi connectivity index (χ0n) is 20.2. The van der Waals surface area contributed by atoms with Gasteiger partial charge >= 0.3 is 0 Å². The minimum absolute atomic E-state index is 0.00636. The molecule has 2 aromatic carbocycles. The van der Waals surface area contributed by atoms with E-state index in [1.54, 1.807) is 32.0 Å². The lowest BCUT2D eigenvalue weighted by Crippen LogP contribution is -2.27. The molecule has 0 unspecified atom stereocenters. The first-order chi connectivity index (χ1) is 17.7. The maximum atomic E-state index is 13.4. The number of imidazole rings is 1. The number of hydrogen-bond acceptors (Lipinski definition) is 6. The molecule has 0 N–H and O–H groups in total. The number of aromatic nitrogens is 3. The number of benzene rings is 2. The highest BCUT2D eigenvalue weighted by atomic mass is 16.5. The zero-order chi connectivity index (χ0) is 24.7. The Hall–Kier alpha value is -4.23. The molecule has 0 saturated carbocycles. The highest BCUT2D eigenvalue weighted by Gasteiger charge is 2.14. The van der Waals surface area contributed by atoms with Gasteiger partial charge in [-0.15, -0.1) is 0 Å². The molecule has 0 saturated heterocycles. The fourth-order valence-corrected chi connectivity index (χ4v) is 4.34. The van der Waals surface area contributed by atoms with Crippen molar-refractivity contribution in [2.45, 2.75) is 26.1 Å². The van der Waals surface area contributed by atoms with Gasteiger partial charge in [-0.2, -0.15) is 0 Å². The largest absolute Gasteiger partial charge is 0.497 e. The van der Waals surface area contributed by atoms with E-state index in [1.807, 2.05) is 67.1 Å². The fraction of sp³-hybridized carbons (Fsp3) is 0.207. The van der Waals surface area contributed by atoms with Crippen LogP contribution in [0.25, 0.3) is 22.1 Å². The third-order valence-corrected chi connectivity index (χ3v) is 6.27. The van der Waals surface area contributed by atoms with Crippen LogP contribution in [0, 0.1) is 0 Å². The molecule has 0 fully saturated rings. The zero-order valence-corrected chi connectivity index (χ0v) is 20.2. The number of hydrogen-bond donors (Lipinski definition) is 0. The van der Waals surface area contributed by atoms with Crippen molar-refractivity contribution in [3.8, 4) is 16.9 Å². The smallest absolute Gasteiger partial charge is 0.197 e. The average Bonchev–Trinajstić information content (AvgIpc) is 3.44. The molecule has 0 aliphatic rings. The highest BCUT2D eigenvalue weighted by Crippen LogP contribution is 2.25. The van der Waals surface area contributed by atoms with E-state index in [9.17, 15) is 4.79 Å². The number of aryl methyl sites for hydroxylation is 1. The van der Waals surface area contributed by atoms with E-state index < -0.39 is 0 Å². The molecule has 7 heteroatoms. The van der Waals surface area contributed by atoms with Crippen molar-refractivity contribution >= 4 is 11.0 Å². The van der Waals surface area contributed by atoms with Crippen LogP contribution in [-0.2, 0) is 19.6 Å². The van der Waals surface area contributed by atoms with E-state index in [2.05, 4.69) is 19.4 Å². The summed E-state index contributed by atoms with van der Waals surface area (Å²) < 4.78 is 13.3. The van der Waals surface area contributed by atoms with E-state index in [1.165, 1.54) is 0 Å². The Morgan fingerprint density at radius 2 is 1.75 bits per heavy atom. The van der Waals surface area contributed by atoms with Gasteiger partial charge in [-0.1, -0.05) is 18.2 Å². The second-order valence-corrected chi connectivity index (χ2v) is 8.75. The van der Waals surface area contributed by atoms with Crippen LogP contribution < -0.4 is 10.2 Å². The molecular weight excluding hydrogens is 452 g/mol. The Labute approximate surface area is 209 Å². The maximum absolute atomic E-state index is 13.4. The number of pyridine rings is 1. The van der Waals surface area contributed by atoms with E-state index in [0.29, 0.717) is 23.1 Å². The lowest BCUT2D eigenvalue weighted by Gasteiger charge is -2.22. The summed E-state index contributed by atoms with van der Waals surface area (Å²) in [7, 11) is 1.65. The summed E-state index contributed by atoms with van der Waals surface area (Å²) in [6, 6.07) is 17.6. The maximum Gasteiger partial charge on any atom is 0.197 e. The highest BCUT2D eigenvalue weighted by molar-refractivity contribution is 5.83. The molecular formula is C29H28N4O3. The first-order valence-corrected chi connectivity index (χ1v) is 12.0. The van der Waals surface area contributed by atoms with Crippen molar-refractivity contribution in [1.29, 1.82) is 0 Å². The molecule has 0 aliphatic heterocycles. The van der Waals surface area contributed by atoms with Crippen LogP contribution in [0.3, 0.4) is 0 Å². The van der Waals surface area contributed by atoms with Gasteiger partial charge in [-0.3, -0.25) is 14.7 Å². The average molecular weight is 481 g/mol. The third-order valence-electron chi connectivity index (χ3n) is 6.27. The lowest BCUT2D eigenvalue weighted by molar-refractivity contribution is 0.246. The van der Waals surface area contributed by atoms with Crippen LogP contribution in [0.2, 0.25) is 0 Å². The van der Waals surface area contributed by atoms with Crippen LogP contribution in [-0.4, -0.2) is 33.1 Å². The van der Waals surface area contributed by atoms with E-state index in [-0.39, 0.29) is 5.43 Å². The van der Waals surface area contributed by atoms with Gasteiger partial charge in [-0.05, 0) is 59.5 Å². The van der Waals surface area contributed by atoms with Crippen molar-refractivity contribution < 1.29 is 9.15 Å². The van der Waals surface area contributed by atoms with Gasteiger partial charge < -0.3 is 13.7 Å². The molecule has 36 heavy (non-hydrogen) atoms. The summed E-state index contributed by atoms with van der Waals surface area (Å²) in [5, 5.41) is 0.590. The predicted molar refractivity (Wildman–Crippen MR) is 140 cm³/mol. The molecule has 0 spiro atoms. The quantitative estimate of drug-likeness (QED) is 0.275. The van der Waals surface area contributed by atoms with Crippen molar-refractivity contribution in [2.24, 2.45) is 0 Å². The molecule has 0 radical (unpaired) electrons. The second kappa shape index (κ2) is 11.0. The monoisotopic (exact) mass is 480 g/mol. The Balaban J connectivity index is 1.36. The summed E-state index contributed by atoms with van der Waals surface area (Å²) in [6.07, 6.45) is 11.7. The molecule has 3 heterocycles. The molecule has 182 valence electrons. The van der Waals surface area contributed by atoms with Crippen molar-refractivity contribution in [1.82, 2.24) is 19.4 Å². The Bertz CT molecular complexity index is 1460. The van der Waals surface area contributed by atoms with Gasteiger partial charge in [0.25, 0.3) is 0 Å². The Morgan fingerprint density at radius 3 is 2.50 bits per heavy atom. The van der Waals surface area contributed by atoms with E-state index >= 15 is 0 Å². The fourth-order valence-electron chi connectivity index (χ4n) is 4.34. The lowest BCUT2D eigenvalue weighted by atomic mass is 10.0. The topological polar surface area (TPSA) is 73.4 Å². The standard InChI is InChI=1S/C29H28N4O3/c1-35-26-6-3-23(4-7-26)24-5-8-27-28(17-24)36-20-25(29(27)34)19-33(18-22-9-11-30-12-10-22)15-2-14-32-16-13-31-21-32/h3-13,16-17,20-21H,2,14-15,18-19H2,1H3. The van der Waals surface area contributed by atoms with Crippen LogP contribution in [0.4, 0.5) is 0 Å². The van der Waals surface area contributed by atoms with Crippen LogP contribution in [0.5, 0.6) is 5.75 Å². The molecule has 5 aromatic rings. The summed E-state index contributed by atoms with van der Waals surface area (Å²) in [5.41, 5.74) is 4.41. The Morgan fingerprint density at radius 1 is 0.944 bits per heavy atom. The molecule has 0 atom stereocenters. The first kappa shape index (κ1) is 23.5. The molecule has 0 bridgehead atoms.